The fourth-order valence-electron chi connectivity index (χ4n) is 3.91. The van der Waals surface area contributed by atoms with Crippen molar-refractivity contribution in [2.75, 3.05) is 53.5 Å². The van der Waals surface area contributed by atoms with Crippen LogP contribution in [0.3, 0.4) is 0 Å². The third-order valence-electron chi connectivity index (χ3n) is 5.25. The number of benzene rings is 1. The van der Waals surface area contributed by atoms with Crippen LogP contribution in [0.25, 0.3) is 0 Å². The molecule has 138 valence electrons. The first-order valence-electron chi connectivity index (χ1n) is 9.09. The van der Waals surface area contributed by atoms with Gasteiger partial charge < -0.3 is 9.64 Å². The van der Waals surface area contributed by atoms with E-state index in [9.17, 15) is 9.18 Å². The maximum Gasteiger partial charge on any atom is 0.244 e. The van der Waals surface area contributed by atoms with Gasteiger partial charge in [0.2, 0.25) is 5.91 Å². The molecular weight excluding hydrogens is 321 g/mol. The van der Waals surface area contributed by atoms with Crippen molar-refractivity contribution in [2.45, 2.75) is 24.9 Å². The second-order valence-corrected chi connectivity index (χ2v) is 7.13. The monoisotopic (exact) mass is 349 g/mol. The molecule has 0 bridgehead atoms. The standard InChI is InChI=1S/C19H28FN3O2/c1-21(2)18(15-4-3-5-16(20)14-15)19(24)23-8-6-17(7-9-23)22-10-12-25-13-11-22/h3-5,14,17-18H,6-13H2,1-2H3/t18-/m1/s1. The molecule has 3 rings (SSSR count). The van der Waals surface area contributed by atoms with Gasteiger partial charge in [-0.05, 0) is 44.6 Å². The van der Waals surface area contributed by atoms with E-state index in [4.69, 9.17) is 4.74 Å². The number of halogens is 1. The summed E-state index contributed by atoms with van der Waals surface area (Å²) in [6.07, 6.45) is 1.99. The Hall–Kier alpha value is -1.50. The number of likely N-dealkylation sites (N-methyl/N-ethyl adjacent to an activating group) is 1. The van der Waals surface area contributed by atoms with E-state index >= 15 is 0 Å². The van der Waals surface area contributed by atoms with Crippen LogP contribution in [0.2, 0.25) is 0 Å². The summed E-state index contributed by atoms with van der Waals surface area (Å²) in [4.78, 5) is 19.4. The van der Waals surface area contributed by atoms with Crippen molar-refractivity contribution < 1.29 is 13.9 Å². The number of likely N-dealkylation sites (tertiary alicyclic amines) is 1. The molecule has 25 heavy (non-hydrogen) atoms. The van der Waals surface area contributed by atoms with Crippen molar-refractivity contribution in [1.82, 2.24) is 14.7 Å². The number of amides is 1. The normalized spacial score (nSPS) is 21.5. The van der Waals surface area contributed by atoms with Gasteiger partial charge in [-0.2, -0.15) is 0 Å². The Labute approximate surface area is 149 Å². The van der Waals surface area contributed by atoms with E-state index in [2.05, 4.69) is 4.90 Å². The van der Waals surface area contributed by atoms with Crippen LogP contribution in [0, 0.1) is 5.82 Å². The zero-order valence-corrected chi connectivity index (χ0v) is 15.2. The van der Waals surface area contributed by atoms with Gasteiger partial charge in [-0.1, -0.05) is 12.1 Å². The van der Waals surface area contributed by atoms with Crippen LogP contribution in [-0.2, 0) is 9.53 Å². The molecule has 0 saturated carbocycles. The van der Waals surface area contributed by atoms with Gasteiger partial charge in [-0.25, -0.2) is 4.39 Å². The van der Waals surface area contributed by atoms with E-state index in [1.807, 2.05) is 30.0 Å². The summed E-state index contributed by atoms with van der Waals surface area (Å²) < 4.78 is 19.0. The zero-order valence-electron chi connectivity index (χ0n) is 15.2. The van der Waals surface area contributed by atoms with E-state index in [0.29, 0.717) is 11.6 Å². The Morgan fingerprint density at radius 1 is 1.20 bits per heavy atom. The SMILES string of the molecule is CN(C)[C@@H](C(=O)N1CCC(N2CCOCC2)CC1)c1cccc(F)c1. The number of morpholine rings is 1. The summed E-state index contributed by atoms with van der Waals surface area (Å²) in [5.74, 6) is -0.237. The van der Waals surface area contributed by atoms with Gasteiger partial charge >= 0.3 is 0 Å². The average Bonchev–Trinajstić information content (AvgIpc) is 2.62. The van der Waals surface area contributed by atoms with Gasteiger partial charge in [-0.15, -0.1) is 0 Å². The predicted molar refractivity (Wildman–Crippen MR) is 94.8 cm³/mol. The van der Waals surface area contributed by atoms with Crippen LogP contribution < -0.4 is 0 Å². The van der Waals surface area contributed by atoms with Crippen LogP contribution in [-0.4, -0.2) is 80.1 Å². The third-order valence-corrected chi connectivity index (χ3v) is 5.25. The van der Waals surface area contributed by atoms with E-state index in [-0.39, 0.29) is 11.7 Å². The Balaban J connectivity index is 1.63. The molecule has 1 aromatic carbocycles. The van der Waals surface area contributed by atoms with Gasteiger partial charge in [0.25, 0.3) is 0 Å². The highest BCUT2D eigenvalue weighted by Gasteiger charge is 2.32. The Morgan fingerprint density at radius 2 is 1.88 bits per heavy atom. The van der Waals surface area contributed by atoms with Crippen molar-refractivity contribution in [3.8, 4) is 0 Å². The largest absolute Gasteiger partial charge is 0.379 e. The molecule has 1 amide bonds. The first-order chi connectivity index (χ1) is 12.1. The summed E-state index contributed by atoms with van der Waals surface area (Å²) in [6.45, 7) is 5.12. The number of hydrogen-bond acceptors (Lipinski definition) is 4. The molecule has 0 spiro atoms. The molecular formula is C19H28FN3O2. The highest BCUT2D eigenvalue weighted by Crippen LogP contribution is 2.25. The van der Waals surface area contributed by atoms with Gasteiger partial charge in [-0.3, -0.25) is 14.6 Å². The lowest BCUT2D eigenvalue weighted by molar-refractivity contribution is -0.138. The molecule has 2 fully saturated rings. The molecule has 2 aliphatic rings. The summed E-state index contributed by atoms with van der Waals surface area (Å²) >= 11 is 0. The van der Waals surface area contributed by atoms with Crippen molar-refractivity contribution >= 4 is 5.91 Å². The third kappa shape index (κ3) is 4.37. The lowest BCUT2D eigenvalue weighted by atomic mass is 9.99. The molecule has 0 radical (unpaired) electrons. The number of rotatable bonds is 4. The maximum atomic E-state index is 13.6. The minimum atomic E-state index is -0.435. The molecule has 0 N–H and O–H groups in total. The molecule has 2 aliphatic heterocycles. The smallest absolute Gasteiger partial charge is 0.244 e. The summed E-state index contributed by atoms with van der Waals surface area (Å²) in [5, 5.41) is 0. The molecule has 0 aromatic heterocycles. The number of carbonyl (C=O) groups is 1. The molecule has 2 saturated heterocycles. The van der Waals surface area contributed by atoms with Crippen LogP contribution >= 0.6 is 0 Å². The Kier molecular flexibility index (Phi) is 6.04. The fraction of sp³-hybridized carbons (Fsp3) is 0.632. The molecule has 6 heteroatoms. The predicted octanol–water partition coefficient (Wildman–Crippen LogP) is 1.75. The van der Waals surface area contributed by atoms with Crippen molar-refractivity contribution in [1.29, 1.82) is 0 Å². The van der Waals surface area contributed by atoms with Crippen LogP contribution in [0.1, 0.15) is 24.4 Å². The zero-order chi connectivity index (χ0) is 17.8. The van der Waals surface area contributed by atoms with Crippen molar-refractivity contribution in [3.05, 3.63) is 35.6 Å². The number of nitrogens with zero attached hydrogens (tertiary/aromatic N) is 3. The quantitative estimate of drug-likeness (QED) is 0.830. The van der Waals surface area contributed by atoms with E-state index in [1.165, 1.54) is 12.1 Å². The van der Waals surface area contributed by atoms with Crippen LogP contribution in [0.15, 0.2) is 24.3 Å². The average molecular weight is 349 g/mol. The van der Waals surface area contributed by atoms with Crippen molar-refractivity contribution in [3.63, 3.8) is 0 Å². The Bertz CT molecular complexity index is 582. The molecule has 2 heterocycles. The van der Waals surface area contributed by atoms with Crippen LogP contribution in [0.5, 0.6) is 0 Å². The van der Waals surface area contributed by atoms with Gasteiger partial charge in [0.1, 0.15) is 11.9 Å². The summed E-state index contributed by atoms with van der Waals surface area (Å²) in [6, 6.07) is 6.47. The topological polar surface area (TPSA) is 36.0 Å². The molecule has 5 nitrogen and oxygen atoms in total. The highest BCUT2D eigenvalue weighted by atomic mass is 19.1. The number of carbonyl (C=O) groups excluding carboxylic acids is 1. The first-order valence-corrected chi connectivity index (χ1v) is 9.09. The highest BCUT2D eigenvalue weighted by molar-refractivity contribution is 5.83. The van der Waals surface area contributed by atoms with Gasteiger partial charge in [0.05, 0.1) is 13.2 Å². The van der Waals surface area contributed by atoms with Gasteiger partial charge in [0.15, 0.2) is 0 Å². The van der Waals surface area contributed by atoms with E-state index in [0.717, 1.165) is 52.2 Å². The second-order valence-electron chi connectivity index (χ2n) is 7.13. The lowest BCUT2D eigenvalue weighted by Gasteiger charge is -2.41. The maximum absolute atomic E-state index is 13.6. The van der Waals surface area contributed by atoms with E-state index in [1.54, 1.807) is 6.07 Å². The number of ether oxygens (including phenoxy) is 1. The number of hydrogen-bond donors (Lipinski definition) is 0. The number of piperidine rings is 1. The molecule has 1 aromatic rings. The second kappa shape index (κ2) is 8.25. The fourth-order valence-corrected chi connectivity index (χ4v) is 3.91. The van der Waals surface area contributed by atoms with Crippen LogP contribution in [0.4, 0.5) is 4.39 Å². The van der Waals surface area contributed by atoms with E-state index < -0.39 is 6.04 Å². The molecule has 0 unspecified atom stereocenters. The summed E-state index contributed by atoms with van der Waals surface area (Å²) in [7, 11) is 3.74. The lowest BCUT2D eigenvalue weighted by Crippen LogP contribution is -2.51. The molecule has 0 aliphatic carbocycles. The van der Waals surface area contributed by atoms with Crippen molar-refractivity contribution in [2.24, 2.45) is 0 Å². The molecule has 1 atom stereocenters. The first kappa shape index (κ1) is 18.3. The van der Waals surface area contributed by atoms with Gasteiger partial charge in [0, 0.05) is 32.2 Å². The summed E-state index contributed by atoms with van der Waals surface area (Å²) in [5.41, 5.74) is 0.713. The minimum absolute atomic E-state index is 0.0658. The Morgan fingerprint density at radius 3 is 2.48 bits per heavy atom. The minimum Gasteiger partial charge on any atom is -0.379 e.